The Morgan fingerprint density at radius 3 is 2.48 bits per heavy atom. The van der Waals surface area contributed by atoms with Crippen LogP contribution in [0.3, 0.4) is 0 Å². The van der Waals surface area contributed by atoms with Gasteiger partial charge in [-0.15, -0.1) is 0 Å². The number of benzene rings is 2. The molecule has 0 aliphatic carbocycles. The molecular weight excluding hydrogens is 429 g/mol. The summed E-state index contributed by atoms with van der Waals surface area (Å²) in [6.07, 6.45) is 0.806. The second kappa shape index (κ2) is 9.56. The first kappa shape index (κ1) is 23.5. The molecule has 0 bridgehead atoms. The number of anilines is 1. The average molecular weight is 453 g/mol. The van der Waals surface area contributed by atoms with Crippen molar-refractivity contribution in [1.82, 2.24) is 9.88 Å². The third-order valence-corrected chi connectivity index (χ3v) is 5.39. The van der Waals surface area contributed by atoms with Crippen molar-refractivity contribution in [3.05, 3.63) is 81.5 Å². The van der Waals surface area contributed by atoms with E-state index in [4.69, 9.17) is 0 Å². The zero-order chi connectivity index (χ0) is 24.3. The van der Waals surface area contributed by atoms with Crippen LogP contribution in [-0.4, -0.2) is 26.8 Å². The lowest BCUT2D eigenvalue weighted by Gasteiger charge is -2.22. The molecule has 1 heterocycles. The lowest BCUT2D eigenvalue weighted by molar-refractivity contribution is -0.137. The lowest BCUT2D eigenvalue weighted by atomic mass is 9.90. The van der Waals surface area contributed by atoms with Crippen LogP contribution in [0.1, 0.15) is 29.2 Å². The van der Waals surface area contributed by atoms with E-state index in [0.717, 1.165) is 15.7 Å². The van der Waals surface area contributed by atoms with Crippen molar-refractivity contribution in [3.8, 4) is 16.9 Å². The van der Waals surface area contributed by atoms with Gasteiger partial charge in [-0.3, -0.25) is 9.59 Å². The van der Waals surface area contributed by atoms with E-state index in [1.807, 2.05) is 31.2 Å². The van der Waals surface area contributed by atoms with Crippen molar-refractivity contribution in [2.45, 2.75) is 26.3 Å². The van der Waals surface area contributed by atoms with Crippen molar-refractivity contribution >= 4 is 17.7 Å². The predicted molar refractivity (Wildman–Crippen MR) is 122 cm³/mol. The maximum atomic E-state index is 14.6. The molecule has 1 atom stereocenters. The molecule has 0 unspecified atom stereocenters. The second-order valence-electron chi connectivity index (χ2n) is 7.72. The minimum absolute atomic E-state index is 0.288. The molecule has 0 spiro atoms. The van der Waals surface area contributed by atoms with Gasteiger partial charge in [0, 0.05) is 13.2 Å². The van der Waals surface area contributed by atoms with E-state index in [2.05, 4.69) is 10.6 Å². The number of hydrogen-bond donors (Lipinski definition) is 4. The molecule has 3 rings (SSSR count). The summed E-state index contributed by atoms with van der Waals surface area (Å²) in [5.74, 6) is -2.23. The van der Waals surface area contributed by atoms with Gasteiger partial charge < -0.3 is 25.4 Å². The summed E-state index contributed by atoms with van der Waals surface area (Å²) >= 11 is 0. The highest BCUT2D eigenvalue weighted by Crippen LogP contribution is 2.33. The standard InChI is InChI=1S/C24H24FN3O5/c1-13-6-4-5-7-16(13)17-10-15(25)11-18(14(17)2)19(12-21(30)31)26-24(33)27-22-20(29)8-9-28(3)23(22)32/h4-11,19,29H,12H2,1-3H3,(H,30,31)(H2,26,27,33)/t19-/m0/s1. The number of nitrogens with zero attached hydrogens (tertiary/aromatic N) is 1. The molecule has 4 N–H and O–H groups in total. The van der Waals surface area contributed by atoms with Crippen LogP contribution in [0.15, 0.2) is 53.5 Å². The van der Waals surface area contributed by atoms with Gasteiger partial charge in [-0.25, -0.2) is 9.18 Å². The number of aliphatic carboxylic acids is 1. The van der Waals surface area contributed by atoms with E-state index in [9.17, 15) is 29.0 Å². The largest absolute Gasteiger partial charge is 0.505 e. The second-order valence-corrected chi connectivity index (χ2v) is 7.72. The number of carboxylic acids is 1. The fourth-order valence-corrected chi connectivity index (χ4v) is 3.67. The molecule has 0 saturated heterocycles. The number of halogens is 1. The maximum absolute atomic E-state index is 14.6. The van der Waals surface area contributed by atoms with Gasteiger partial charge in [-0.1, -0.05) is 24.3 Å². The zero-order valence-corrected chi connectivity index (χ0v) is 18.3. The van der Waals surface area contributed by atoms with Crippen LogP contribution in [0.4, 0.5) is 14.9 Å². The molecule has 33 heavy (non-hydrogen) atoms. The Morgan fingerprint density at radius 2 is 1.82 bits per heavy atom. The Kier molecular flexibility index (Phi) is 6.81. The Hall–Kier alpha value is -4.14. The van der Waals surface area contributed by atoms with Crippen molar-refractivity contribution in [2.24, 2.45) is 7.05 Å². The van der Waals surface area contributed by atoms with Crippen LogP contribution in [0.25, 0.3) is 11.1 Å². The SMILES string of the molecule is Cc1ccccc1-c1cc(F)cc([C@H](CC(=O)O)NC(=O)Nc2c(O)ccn(C)c2=O)c1C. The van der Waals surface area contributed by atoms with E-state index >= 15 is 0 Å². The molecular formula is C24H24FN3O5. The first-order valence-corrected chi connectivity index (χ1v) is 10.1. The summed E-state index contributed by atoms with van der Waals surface area (Å²) in [5.41, 5.74) is 2.16. The zero-order valence-electron chi connectivity index (χ0n) is 18.3. The monoisotopic (exact) mass is 453 g/mol. The Bertz CT molecular complexity index is 1290. The molecule has 2 amide bonds. The minimum atomic E-state index is -1.21. The van der Waals surface area contributed by atoms with Gasteiger partial charge in [-0.2, -0.15) is 0 Å². The molecule has 3 aromatic rings. The van der Waals surface area contributed by atoms with E-state index in [1.165, 1.54) is 31.4 Å². The van der Waals surface area contributed by atoms with Crippen molar-refractivity contribution in [1.29, 1.82) is 0 Å². The van der Waals surface area contributed by atoms with Gasteiger partial charge >= 0.3 is 12.0 Å². The molecule has 1 aromatic heterocycles. The third-order valence-electron chi connectivity index (χ3n) is 5.39. The van der Waals surface area contributed by atoms with E-state index in [-0.39, 0.29) is 11.3 Å². The van der Waals surface area contributed by atoms with E-state index in [1.54, 1.807) is 6.92 Å². The summed E-state index contributed by atoms with van der Waals surface area (Å²) in [6, 6.07) is 9.16. The number of carbonyl (C=O) groups excluding carboxylic acids is 1. The molecule has 9 heteroatoms. The Labute approximate surface area is 189 Å². The summed E-state index contributed by atoms with van der Waals surface area (Å²) in [5, 5.41) is 24.1. The number of aromatic nitrogens is 1. The Balaban J connectivity index is 2.00. The number of pyridine rings is 1. The normalized spacial score (nSPS) is 11.6. The molecule has 0 radical (unpaired) electrons. The number of rotatable bonds is 6. The maximum Gasteiger partial charge on any atom is 0.319 e. The molecule has 0 saturated carbocycles. The van der Waals surface area contributed by atoms with Gasteiger partial charge in [-0.05, 0) is 59.9 Å². The van der Waals surface area contributed by atoms with Gasteiger partial charge in [0.05, 0.1) is 12.5 Å². The number of hydrogen-bond acceptors (Lipinski definition) is 4. The summed E-state index contributed by atoms with van der Waals surface area (Å²) < 4.78 is 15.8. The van der Waals surface area contributed by atoms with Gasteiger partial charge in [0.15, 0.2) is 5.69 Å². The van der Waals surface area contributed by atoms with Crippen LogP contribution in [0.2, 0.25) is 0 Å². The molecule has 0 aliphatic heterocycles. The number of aromatic hydroxyl groups is 1. The number of carbonyl (C=O) groups is 2. The predicted octanol–water partition coefficient (Wildman–Crippen LogP) is 3.85. The fourth-order valence-electron chi connectivity index (χ4n) is 3.67. The van der Waals surface area contributed by atoms with Crippen LogP contribution in [0, 0.1) is 19.7 Å². The Morgan fingerprint density at radius 1 is 1.12 bits per heavy atom. The summed E-state index contributed by atoms with van der Waals surface area (Å²) in [4.78, 5) is 36.4. The van der Waals surface area contributed by atoms with Gasteiger partial charge in [0.2, 0.25) is 0 Å². The number of aryl methyl sites for hydroxylation is 2. The molecule has 8 nitrogen and oxygen atoms in total. The van der Waals surface area contributed by atoms with Crippen LogP contribution >= 0.6 is 0 Å². The summed E-state index contributed by atoms with van der Waals surface area (Å²) in [6.45, 7) is 3.61. The van der Waals surface area contributed by atoms with Gasteiger partial charge in [0.1, 0.15) is 11.6 Å². The van der Waals surface area contributed by atoms with E-state index < -0.39 is 41.6 Å². The topological polar surface area (TPSA) is 121 Å². The summed E-state index contributed by atoms with van der Waals surface area (Å²) in [7, 11) is 1.45. The van der Waals surface area contributed by atoms with Crippen LogP contribution in [0.5, 0.6) is 5.75 Å². The van der Waals surface area contributed by atoms with Crippen molar-refractivity contribution < 1.29 is 24.2 Å². The minimum Gasteiger partial charge on any atom is -0.505 e. The number of nitrogens with one attached hydrogen (secondary N) is 2. The first-order valence-electron chi connectivity index (χ1n) is 10.1. The van der Waals surface area contributed by atoms with Gasteiger partial charge in [0.25, 0.3) is 5.56 Å². The molecule has 2 aromatic carbocycles. The first-order chi connectivity index (χ1) is 15.6. The highest BCUT2D eigenvalue weighted by Gasteiger charge is 2.24. The lowest BCUT2D eigenvalue weighted by Crippen LogP contribution is -2.36. The molecule has 0 aliphatic rings. The fraction of sp³-hybridized carbons (Fsp3) is 0.208. The number of carboxylic acid groups (broad SMARTS) is 1. The van der Waals surface area contributed by atoms with Crippen LogP contribution < -0.4 is 16.2 Å². The number of urea groups is 1. The highest BCUT2D eigenvalue weighted by molar-refractivity contribution is 5.91. The molecule has 0 fully saturated rings. The van der Waals surface area contributed by atoms with Crippen LogP contribution in [-0.2, 0) is 11.8 Å². The number of amides is 2. The highest BCUT2D eigenvalue weighted by atomic mass is 19.1. The molecule has 172 valence electrons. The van der Waals surface area contributed by atoms with Crippen molar-refractivity contribution in [3.63, 3.8) is 0 Å². The van der Waals surface area contributed by atoms with E-state index in [0.29, 0.717) is 11.1 Å². The third kappa shape index (κ3) is 5.20. The smallest absolute Gasteiger partial charge is 0.319 e. The average Bonchev–Trinajstić information content (AvgIpc) is 2.75. The quantitative estimate of drug-likeness (QED) is 0.452. The van der Waals surface area contributed by atoms with Crippen molar-refractivity contribution in [2.75, 3.05) is 5.32 Å².